The lowest BCUT2D eigenvalue weighted by Crippen LogP contribution is -2.62. The van der Waals surface area contributed by atoms with Crippen molar-refractivity contribution in [3.05, 3.63) is 0 Å². The highest BCUT2D eigenvalue weighted by Gasteiger charge is 2.74. The summed E-state index contributed by atoms with van der Waals surface area (Å²) >= 11 is 13.9. The van der Waals surface area contributed by atoms with Gasteiger partial charge in [-0.15, -0.1) is 23.2 Å². The van der Waals surface area contributed by atoms with Crippen molar-refractivity contribution in [3.63, 3.8) is 0 Å². The first-order valence-electron chi connectivity index (χ1n) is 11.9. The largest absolute Gasteiger partial charge is 0.471 e. The van der Waals surface area contributed by atoms with Crippen molar-refractivity contribution in [1.82, 2.24) is 20.9 Å². The summed E-state index contributed by atoms with van der Waals surface area (Å²) in [6.45, 7) is 1.99. The fourth-order valence-electron chi connectivity index (χ4n) is 5.57. The average molecular weight is 584 g/mol. The van der Waals surface area contributed by atoms with Gasteiger partial charge in [-0.1, -0.05) is 0 Å². The van der Waals surface area contributed by atoms with Crippen molar-refractivity contribution < 1.29 is 32.3 Å². The summed E-state index contributed by atoms with van der Waals surface area (Å²) in [5, 5.41) is 16.6. The molecule has 15 heteroatoms. The lowest BCUT2D eigenvalue weighted by Gasteiger charge is -2.38. The molecule has 3 saturated heterocycles. The van der Waals surface area contributed by atoms with E-state index in [4.69, 9.17) is 23.2 Å². The Morgan fingerprint density at radius 2 is 2.03 bits per heavy atom. The lowest BCUT2D eigenvalue weighted by atomic mass is 9.94. The maximum absolute atomic E-state index is 13.7. The van der Waals surface area contributed by atoms with E-state index >= 15 is 0 Å². The fraction of sp³-hybridized carbons (Fsp3) is 0.773. The zero-order valence-corrected chi connectivity index (χ0v) is 22.1. The molecule has 3 heterocycles. The average Bonchev–Trinajstić information content (AvgIpc) is 3.33. The van der Waals surface area contributed by atoms with E-state index < -0.39 is 68.9 Å². The number of hydrogen-bond donors (Lipinski definition) is 3. The Morgan fingerprint density at radius 3 is 2.57 bits per heavy atom. The summed E-state index contributed by atoms with van der Waals surface area (Å²) in [6, 6.07) is -1.89. The second kappa shape index (κ2) is 10.0. The van der Waals surface area contributed by atoms with Crippen LogP contribution in [0.5, 0.6) is 0 Å². The van der Waals surface area contributed by atoms with Crippen LogP contribution in [0.4, 0.5) is 13.2 Å². The molecule has 204 valence electrons. The number of carbonyl (C=O) groups excluding carboxylic acids is 4. The molecule has 3 N–H and O–H groups in total. The van der Waals surface area contributed by atoms with Crippen LogP contribution in [0.15, 0.2) is 0 Å². The number of alkyl halides is 5. The molecular weight excluding hydrogens is 558 g/mol. The molecule has 0 aromatic carbocycles. The molecule has 1 unspecified atom stereocenters. The van der Waals surface area contributed by atoms with Gasteiger partial charge in [-0.2, -0.15) is 30.2 Å². The van der Waals surface area contributed by atoms with Gasteiger partial charge in [0.05, 0.1) is 6.07 Å². The Kier molecular flexibility index (Phi) is 7.60. The second-order valence-corrected chi connectivity index (χ2v) is 13.2. The van der Waals surface area contributed by atoms with Gasteiger partial charge in [0, 0.05) is 35.6 Å². The summed E-state index contributed by atoms with van der Waals surface area (Å²) in [4.78, 5) is 52.0. The number of fused-ring (bicyclic) bond motifs is 1. The molecule has 4 fully saturated rings. The highest BCUT2D eigenvalue weighted by atomic mass is 35.5. The third kappa shape index (κ3) is 5.34. The van der Waals surface area contributed by atoms with Crippen molar-refractivity contribution >= 4 is 58.6 Å². The van der Waals surface area contributed by atoms with E-state index in [-0.39, 0.29) is 18.9 Å². The predicted octanol–water partition coefficient (Wildman–Crippen LogP) is 1.48. The van der Waals surface area contributed by atoms with Crippen LogP contribution in [0.2, 0.25) is 0 Å². The zero-order chi connectivity index (χ0) is 27.3. The molecule has 0 bridgehead atoms. The molecule has 0 spiro atoms. The number of hydrogen-bond acceptors (Lipinski definition) is 6. The molecule has 3 aliphatic heterocycles. The van der Waals surface area contributed by atoms with Gasteiger partial charge in [0.25, 0.3) is 0 Å². The van der Waals surface area contributed by atoms with Gasteiger partial charge in [0.2, 0.25) is 17.7 Å². The Labute approximate surface area is 225 Å². The third-order valence-electron chi connectivity index (χ3n) is 7.68. The topological polar surface area (TPSA) is 131 Å². The number of thioether (sulfide) groups is 1. The van der Waals surface area contributed by atoms with Crippen molar-refractivity contribution in [2.75, 3.05) is 18.8 Å². The smallest absolute Gasteiger partial charge is 0.356 e. The van der Waals surface area contributed by atoms with Crippen LogP contribution in [0.1, 0.15) is 32.6 Å². The third-order valence-corrected chi connectivity index (χ3v) is 10.3. The number of nitrogens with zero attached hydrogens (tertiary/aromatic N) is 2. The van der Waals surface area contributed by atoms with Gasteiger partial charge in [-0.05, 0) is 38.4 Å². The Bertz CT molecular complexity index is 1030. The van der Waals surface area contributed by atoms with E-state index in [2.05, 4.69) is 10.6 Å². The summed E-state index contributed by atoms with van der Waals surface area (Å²) in [5.41, 5.74) is 0. The molecule has 7 atom stereocenters. The van der Waals surface area contributed by atoms with E-state index in [1.54, 1.807) is 6.92 Å². The van der Waals surface area contributed by atoms with E-state index in [1.165, 1.54) is 11.8 Å². The number of carbonyl (C=O) groups is 4. The fourth-order valence-corrected chi connectivity index (χ4v) is 7.77. The van der Waals surface area contributed by atoms with Crippen LogP contribution in [0.25, 0.3) is 0 Å². The van der Waals surface area contributed by atoms with Gasteiger partial charge >= 0.3 is 12.1 Å². The Balaban J connectivity index is 1.56. The van der Waals surface area contributed by atoms with E-state index in [9.17, 15) is 37.6 Å². The number of piperidine rings is 1. The number of halogens is 5. The number of nitriles is 1. The zero-order valence-electron chi connectivity index (χ0n) is 19.7. The molecule has 4 amide bonds. The lowest BCUT2D eigenvalue weighted by molar-refractivity contribution is -0.175. The SMILES string of the molecule is CC1([C@H](NC(=O)C(F)(F)F)C(=O)N2C[C@H]3[C@@H]([C@H]2C(=O)N[C@H](C#N)C[C@@H]2CCNC2=O)C3(Cl)Cl)CCCS1. The monoisotopic (exact) mass is 583 g/mol. The summed E-state index contributed by atoms with van der Waals surface area (Å²) < 4.78 is 37.0. The molecule has 0 aromatic heterocycles. The number of likely N-dealkylation sites (tertiary alicyclic amines) is 1. The molecule has 4 aliphatic rings. The van der Waals surface area contributed by atoms with Crippen LogP contribution in [-0.2, 0) is 19.2 Å². The summed E-state index contributed by atoms with van der Waals surface area (Å²) in [6.07, 6.45) is -3.59. The van der Waals surface area contributed by atoms with Crippen molar-refractivity contribution in [3.8, 4) is 6.07 Å². The van der Waals surface area contributed by atoms with Crippen LogP contribution in [-0.4, -0.2) is 80.8 Å². The number of rotatable bonds is 7. The first-order chi connectivity index (χ1) is 17.2. The van der Waals surface area contributed by atoms with Crippen LogP contribution in [0.3, 0.4) is 0 Å². The molecule has 0 radical (unpaired) electrons. The Hall–Kier alpha value is -1.91. The Morgan fingerprint density at radius 1 is 1.32 bits per heavy atom. The minimum Gasteiger partial charge on any atom is -0.356 e. The van der Waals surface area contributed by atoms with Gasteiger partial charge in [-0.3, -0.25) is 19.2 Å². The van der Waals surface area contributed by atoms with Crippen molar-refractivity contribution in [1.29, 1.82) is 5.26 Å². The molecule has 0 aromatic rings. The van der Waals surface area contributed by atoms with E-state index in [0.717, 1.165) is 4.90 Å². The number of amides is 4. The maximum atomic E-state index is 13.7. The summed E-state index contributed by atoms with van der Waals surface area (Å²) in [5.74, 6) is -5.09. The highest BCUT2D eigenvalue weighted by molar-refractivity contribution is 8.01. The minimum atomic E-state index is -5.20. The molecule has 1 saturated carbocycles. The van der Waals surface area contributed by atoms with Gasteiger partial charge in [0.15, 0.2) is 0 Å². The molecule has 1 aliphatic carbocycles. The molecule has 9 nitrogen and oxygen atoms in total. The van der Waals surface area contributed by atoms with Crippen molar-refractivity contribution in [2.24, 2.45) is 17.8 Å². The van der Waals surface area contributed by atoms with Crippen molar-refractivity contribution in [2.45, 2.75) is 66.0 Å². The van der Waals surface area contributed by atoms with Crippen LogP contribution >= 0.6 is 35.0 Å². The van der Waals surface area contributed by atoms with Gasteiger partial charge in [-0.25, -0.2) is 0 Å². The number of nitrogens with one attached hydrogen (secondary N) is 3. The minimum absolute atomic E-state index is 0.0642. The van der Waals surface area contributed by atoms with Crippen LogP contribution in [0, 0.1) is 29.1 Å². The highest BCUT2D eigenvalue weighted by Crippen LogP contribution is 2.65. The second-order valence-electron chi connectivity index (χ2n) is 10.1. The first-order valence-corrected chi connectivity index (χ1v) is 13.6. The van der Waals surface area contributed by atoms with Gasteiger partial charge < -0.3 is 20.9 Å². The quantitative estimate of drug-likeness (QED) is 0.389. The van der Waals surface area contributed by atoms with E-state index in [1.807, 2.05) is 11.4 Å². The normalized spacial score (nSPS) is 33.6. The van der Waals surface area contributed by atoms with E-state index in [0.29, 0.717) is 31.6 Å². The van der Waals surface area contributed by atoms with Gasteiger partial charge in [0.1, 0.15) is 22.5 Å². The standard InChI is InChI=1S/C22H26Cl2F3N5O4S/c1-20(4-2-6-37-20)15(31-19(36)22(25,26)27)18(35)32-9-12-13(21(12,23)24)14(32)17(34)30-11(8-28)7-10-3-5-29-16(10)33/h10-15H,2-7,9H2,1H3,(H,29,33)(H,30,34)(H,31,36)/t10-,11-,12-,13-,14-,15+,20?/m0/s1. The molecule has 37 heavy (non-hydrogen) atoms. The maximum Gasteiger partial charge on any atom is 0.471 e. The molecule has 4 rings (SSSR count). The first kappa shape index (κ1) is 28.1. The predicted molar refractivity (Wildman–Crippen MR) is 128 cm³/mol. The van der Waals surface area contributed by atoms with Crippen LogP contribution < -0.4 is 16.0 Å². The summed E-state index contributed by atoms with van der Waals surface area (Å²) in [7, 11) is 0. The molecular formula is C22H26Cl2F3N5O4S.